The van der Waals surface area contributed by atoms with Gasteiger partial charge in [0.15, 0.2) is 6.61 Å². The van der Waals surface area contributed by atoms with Crippen molar-refractivity contribution in [2.75, 3.05) is 11.9 Å². The summed E-state index contributed by atoms with van der Waals surface area (Å²) in [5.41, 5.74) is 2.39. The molecule has 0 unspecified atom stereocenters. The Morgan fingerprint density at radius 2 is 1.86 bits per heavy atom. The molecule has 5 nitrogen and oxygen atoms in total. The topological polar surface area (TPSA) is 68.3 Å². The van der Waals surface area contributed by atoms with Crippen LogP contribution in [0.15, 0.2) is 42.5 Å². The predicted molar refractivity (Wildman–Crippen MR) is 107 cm³/mol. The Kier molecular flexibility index (Phi) is 6.33. The van der Waals surface area contributed by atoms with Crippen molar-refractivity contribution < 1.29 is 23.1 Å². The first-order chi connectivity index (χ1) is 13.9. The molecule has 150 valence electrons. The molecular weight excluding hydrogens is 398 g/mol. The Balaban J connectivity index is 1.63. The number of esters is 1. The number of carbonyl (C=O) groups excluding carboxylic acids is 2. The molecule has 0 saturated heterocycles. The zero-order valence-corrected chi connectivity index (χ0v) is 16.6. The number of aryl methyl sites for hydroxylation is 2. The van der Waals surface area contributed by atoms with Gasteiger partial charge < -0.3 is 10.1 Å². The zero-order valence-electron chi connectivity index (χ0n) is 15.8. The second-order valence-corrected chi connectivity index (χ2v) is 7.23. The van der Waals surface area contributed by atoms with E-state index in [0.717, 1.165) is 24.1 Å². The Morgan fingerprint density at radius 1 is 1.14 bits per heavy atom. The van der Waals surface area contributed by atoms with Crippen molar-refractivity contribution in [2.24, 2.45) is 0 Å². The van der Waals surface area contributed by atoms with Gasteiger partial charge in [-0.1, -0.05) is 31.2 Å². The number of aromatic nitrogens is 1. The van der Waals surface area contributed by atoms with Crippen LogP contribution in [0.2, 0.25) is 0 Å². The minimum atomic E-state index is -0.915. The Hall–Kier alpha value is -3.13. The highest BCUT2D eigenvalue weighted by Gasteiger charge is 2.19. The van der Waals surface area contributed by atoms with Gasteiger partial charge >= 0.3 is 5.97 Å². The van der Waals surface area contributed by atoms with Crippen LogP contribution in [0.5, 0.6) is 0 Å². The number of rotatable bonds is 6. The maximum atomic E-state index is 13.6. The van der Waals surface area contributed by atoms with Crippen LogP contribution in [0, 0.1) is 18.6 Å². The van der Waals surface area contributed by atoms with Gasteiger partial charge in [-0.2, -0.15) is 0 Å². The molecule has 1 heterocycles. The molecule has 2 aromatic carbocycles. The van der Waals surface area contributed by atoms with Gasteiger partial charge in [-0.3, -0.25) is 4.79 Å². The fraction of sp³-hybridized carbons (Fsp3) is 0.190. The normalized spacial score (nSPS) is 10.6. The molecule has 0 spiro atoms. The van der Waals surface area contributed by atoms with E-state index < -0.39 is 30.1 Å². The van der Waals surface area contributed by atoms with Gasteiger partial charge in [-0.15, -0.1) is 11.3 Å². The molecule has 1 aromatic heterocycles. The van der Waals surface area contributed by atoms with Crippen molar-refractivity contribution in [3.05, 3.63) is 70.2 Å². The van der Waals surface area contributed by atoms with Gasteiger partial charge in [0.05, 0.1) is 11.4 Å². The summed E-state index contributed by atoms with van der Waals surface area (Å²) in [6.45, 7) is 3.15. The third-order valence-electron chi connectivity index (χ3n) is 4.13. The smallest absolute Gasteiger partial charge is 0.350 e. The van der Waals surface area contributed by atoms with E-state index in [1.807, 2.05) is 24.3 Å². The highest BCUT2D eigenvalue weighted by Crippen LogP contribution is 2.28. The number of nitrogens with zero attached hydrogens (tertiary/aromatic N) is 1. The van der Waals surface area contributed by atoms with Crippen LogP contribution in [0.4, 0.5) is 14.5 Å². The first-order valence-corrected chi connectivity index (χ1v) is 9.67. The molecule has 8 heteroatoms. The molecule has 1 N–H and O–H groups in total. The van der Waals surface area contributed by atoms with E-state index in [2.05, 4.69) is 17.2 Å². The lowest BCUT2D eigenvalue weighted by Crippen LogP contribution is -2.21. The lowest BCUT2D eigenvalue weighted by Gasteiger charge is -2.07. The second-order valence-electron chi connectivity index (χ2n) is 6.23. The number of thiazole rings is 1. The van der Waals surface area contributed by atoms with Gasteiger partial charge in [-0.25, -0.2) is 18.6 Å². The molecule has 0 aliphatic heterocycles. The lowest BCUT2D eigenvalue weighted by atomic mass is 10.1. The van der Waals surface area contributed by atoms with Gasteiger partial charge in [0.25, 0.3) is 5.91 Å². The van der Waals surface area contributed by atoms with Crippen molar-refractivity contribution in [3.8, 4) is 10.6 Å². The van der Waals surface area contributed by atoms with E-state index in [1.54, 1.807) is 6.92 Å². The summed E-state index contributed by atoms with van der Waals surface area (Å²) in [6.07, 6.45) is 0.929. The second kappa shape index (κ2) is 8.91. The number of nitrogens with one attached hydrogen (secondary N) is 1. The van der Waals surface area contributed by atoms with Crippen LogP contribution in [-0.2, 0) is 16.0 Å². The average Bonchev–Trinajstić information content (AvgIpc) is 3.10. The third kappa shape index (κ3) is 5.03. The molecule has 0 radical (unpaired) electrons. The molecule has 0 atom stereocenters. The number of hydrogen-bond acceptors (Lipinski definition) is 5. The predicted octanol–water partition coefficient (Wildman–Crippen LogP) is 4.75. The largest absolute Gasteiger partial charge is 0.451 e. The molecule has 0 fully saturated rings. The van der Waals surface area contributed by atoms with E-state index in [4.69, 9.17) is 4.74 Å². The summed E-state index contributed by atoms with van der Waals surface area (Å²) in [7, 11) is 0. The van der Waals surface area contributed by atoms with Crippen LogP contribution < -0.4 is 5.32 Å². The molecular formula is C21H18F2N2O3S. The monoisotopic (exact) mass is 416 g/mol. The summed E-state index contributed by atoms with van der Waals surface area (Å²) in [5, 5.41) is 2.91. The molecule has 0 aliphatic carbocycles. The Bertz CT molecular complexity index is 1050. The average molecular weight is 416 g/mol. The third-order valence-corrected chi connectivity index (χ3v) is 5.32. The summed E-state index contributed by atoms with van der Waals surface area (Å²) in [6, 6.07) is 10.6. The van der Waals surface area contributed by atoms with Crippen molar-refractivity contribution in [1.82, 2.24) is 4.98 Å². The Morgan fingerprint density at radius 3 is 2.52 bits per heavy atom. The summed E-state index contributed by atoms with van der Waals surface area (Å²) in [5.74, 6) is -3.10. The van der Waals surface area contributed by atoms with Crippen LogP contribution in [0.25, 0.3) is 10.6 Å². The van der Waals surface area contributed by atoms with E-state index >= 15 is 0 Å². The van der Waals surface area contributed by atoms with Crippen molar-refractivity contribution in [2.45, 2.75) is 20.3 Å². The molecule has 29 heavy (non-hydrogen) atoms. The molecule has 0 saturated carbocycles. The van der Waals surface area contributed by atoms with E-state index in [1.165, 1.54) is 16.9 Å². The standard InChI is InChI=1S/C21H18F2N2O3S/c1-3-13-4-6-14(7-5-13)20-24-12(2)19(29-20)21(27)28-11-18(26)25-17-9-8-15(22)10-16(17)23/h4-10H,3,11H2,1-2H3,(H,25,26). The number of anilines is 1. The molecule has 0 aliphatic rings. The minimum absolute atomic E-state index is 0.195. The first kappa shape index (κ1) is 20.6. The number of amides is 1. The summed E-state index contributed by atoms with van der Waals surface area (Å²) >= 11 is 1.17. The molecule has 1 amide bonds. The van der Waals surface area contributed by atoms with E-state index in [9.17, 15) is 18.4 Å². The van der Waals surface area contributed by atoms with Crippen LogP contribution in [0.3, 0.4) is 0 Å². The number of benzene rings is 2. The van der Waals surface area contributed by atoms with Crippen LogP contribution >= 0.6 is 11.3 Å². The van der Waals surface area contributed by atoms with Gasteiger partial charge in [-0.05, 0) is 31.0 Å². The first-order valence-electron chi connectivity index (χ1n) is 8.86. The maximum absolute atomic E-state index is 13.6. The van der Waals surface area contributed by atoms with Gasteiger partial charge in [0.1, 0.15) is 21.5 Å². The highest BCUT2D eigenvalue weighted by atomic mass is 32.1. The molecule has 0 bridgehead atoms. The fourth-order valence-corrected chi connectivity index (χ4v) is 3.53. The number of ether oxygens (including phenoxy) is 1. The van der Waals surface area contributed by atoms with Gasteiger partial charge in [0.2, 0.25) is 0 Å². The van der Waals surface area contributed by atoms with Crippen LogP contribution in [0.1, 0.15) is 27.9 Å². The quantitative estimate of drug-likeness (QED) is 0.589. The SMILES string of the molecule is CCc1ccc(-c2nc(C)c(C(=O)OCC(=O)Nc3ccc(F)cc3F)s2)cc1. The molecule has 3 rings (SSSR count). The zero-order chi connectivity index (χ0) is 21.0. The number of halogens is 2. The van der Waals surface area contributed by atoms with Crippen molar-refractivity contribution in [1.29, 1.82) is 0 Å². The summed E-state index contributed by atoms with van der Waals surface area (Å²) < 4.78 is 31.5. The summed E-state index contributed by atoms with van der Waals surface area (Å²) in [4.78, 5) is 28.9. The van der Waals surface area contributed by atoms with Gasteiger partial charge in [0, 0.05) is 11.6 Å². The minimum Gasteiger partial charge on any atom is -0.451 e. The van der Waals surface area contributed by atoms with E-state index in [-0.39, 0.29) is 5.69 Å². The highest BCUT2D eigenvalue weighted by molar-refractivity contribution is 7.17. The van der Waals surface area contributed by atoms with E-state index in [0.29, 0.717) is 21.6 Å². The number of hydrogen-bond donors (Lipinski definition) is 1. The Labute approximate surface area is 170 Å². The van der Waals surface area contributed by atoms with Crippen molar-refractivity contribution in [3.63, 3.8) is 0 Å². The maximum Gasteiger partial charge on any atom is 0.350 e. The number of carbonyl (C=O) groups is 2. The lowest BCUT2D eigenvalue weighted by molar-refractivity contribution is -0.119. The van der Waals surface area contributed by atoms with Crippen LogP contribution in [-0.4, -0.2) is 23.5 Å². The molecule has 3 aromatic rings. The fourth-order valence-electron chi connectivity index (χ4n) is 2.57. The van der Waals surface area contributed by atoms with Crippen molar-refractivity contribution >= 4 is 28.9 Å².